The van der Waals surface area contributed by atoms with Gasteiger partial charge in [-0.05, 0) is 24.3 Å². The lowest BCUT2D eigenvalue weighted by Gasteiger charge is -2.29. The van der Waals surface area contributed by atoms with Gasteiger partial charge in [0.05, 0.1) is 33.8 Å². The van der Waals surface area contributed by atoms with Gasteiger partial charge in [0.2, 0.25) is 19.7 Å². The zero-order chi connectivity index (χ0) is 26.3. The number of hydrogen-bond acceptors (Lipinski definition) is 8. The summed E-state index contributed by atoms with van der Waals surface area (Å²) in [5, 5.41) is 0. The van der Waals surface area contributed by atoms with Crippen molar-refractivity contribution >= 4 is 31.6 Å². The van der Waals surface area contributed by atoms with Crippen molar-refractivity contribution < 1.29 is 35.9 Å². The van der Waals surface area contributed by atoms with Gasteiger partial charge in [-0.25, -0.2) is 16.8 Å². The summed E-state index contributed by atoms with van der Waals surface area (Å²) in [4.78, 5) is 24.7. The minimum Gasteiger partial charge on any atom is -0.468 e. The van der Waals surface area contributed by atoms with Gasteiger partial charge in [0.1, 0.15) is 0 Å². The van der Waals surface area contributed by atoms with Crippen LogP contribution < -0.4 is 0 Å². The number of allylic oxidation sites excluding steroid dienone is 2. The Labute approximate surface area is 204 Å². The second-order valence-corrected chi connectivity index (χ2v) is 11.2. The molecule has 35 heavy (non-hydrogen) atoms. The van der Waals surface area contributed by atoms with E-state index < -0.39 is 59.7 Å². The fourth-order valence-corrected chi connectivity index (χ4v) is 6.22. The van der Waals surface area contributed by atoms with Crippen LogP contribution >= 0.6 is 0 Å². The van der Waals surface area contributed by atoms with Crippen LogP contribution in [-0.2, 0) is 38.7 Å². The van der Waals surface area contributed by atoms with Crippen molar-refractivity contribution in [1.82, 2.24) is 0 Å². The molecule has 0 aromatic heterocycles. The molecule has 0 spiro atoms. The molecule has 0 unspecified atom stereocenters. The summed E-state index contributed by atoms with van der Waals surface area (Å²) in [5.41, 5.74) is 2.14. The van der Waals surface area contributed by atoms with E-state index in [1.54, 1.807) is 12.1 Å². The van der Waals surface area contributed by atoms with Gasteiger partial charge in [-0.1, -0.05) is 49.6 Å². The molecule has 0 saturated heterocycles. The monoisotopic (exact) mass is 516 g/mol. The molecule has 184 valence electrons. The van der Waals surface area contributed by atoms with Gasteiger partial charge in [0.15, 0.2) is 5.41 Å². The maximum atomic E-state index is 13.2. The molecule has 2 aromatic rings. The van der Waals surface area contributed by atoms with E-state index >= 15 is 0 Å². The molecule has 0 atom stereocenters. The Kier molecular flexibility index (Phi) is 8.79. The summed E-state index contributed by atoms with van der Waals surface area (Å²) in [6.45, 7) is 6.81. The Morgan fingerprint density at radius 1 is 0.714 bits per heavy atom. The molecular formula is C25H24O8S2. The van der Waals surface area contributed by atoms with Crippen LogP contribution in [-0.4, -0.2) is 43.0 Å². The number of carbonyl (C=O) groups is 2. The van der Waals surface area contributed by atoms with Crippen LogP contribution in [0.4, 0.5) is 0 Å². The highest BCUT2D eigenvalue weighted by atomic mass is 32.2. The van der Waals surface area contributed by atoms with Crippen LogP contribution in [0.3, 0.4) is 0 Å². The molecule has 0 N–H and O–H groups in total. The first-order valence-corrected chi connectivity index (χ1v) is 13.0. The number of rotatable bonds is 10. The number of carbonyl (C=O) groups excluding carboxylic acids is 2. The van der Waals surface area contributed by atoms with E-state index in [1.807, 2.05) is 0 Å². The fraction of sp³-hybridized carbons (Fsp3) is 0.200. The molecule has 8 nitrogen and oxygen atoms in total. The molecule has 2 rings (SSSR count). The van der Waals surface area contributed by atoms with E-state index in [1.165, 1.54) is 48.5 Å². The van der Waals surface area contributed by atoms with Crippen molar-refractivity contribution in [3.63, 3.8) is 0 Å². The van der Waals surface area contributed by atoms with Crippen molar-refractivity contribution in [2.24, 2.45) is 5.41 Å². The first kappa shape index (κ1) is 27.6. The third-order valence-corrected chi connectivity index (χ3v) is 8.89. The lowest BCUT2D eigenvalue weighted by atomic mass is 9.80. The second kappa shape index (κ2) is 11.2. The molecule has 2 aromatic carbocycles. The maximum absolute atomic E-state index is 13.2. The van der Waals surface area contributed by atoms with E-state index in [2.05, 4.69) is 24.6 Å². The van der Waals surface area contributed by atoms with Crippen LogP contribution in [0.5, 0.6) is 0 Å². The second-order valence-electron chi connectivity index (χ2n) is 7.25. The minimum atomic E-state index is -4.27. The first-order valence-electron chi connectivity index (χ1n) is 10.1. The lowest BCUT2D eigenvalue weighted by Crippen LogP contribution is -2.43. The third kappa shape index (κ3) is 5.53. The molecule has 0 aliphatic heterocycles. The number of esters is 2. The van der Waals surface area contributed by atoms with Gasteiger partial charge in [-0.2, -0.15) is 0 Å². The Bertz CT molecular complexity index is 1300. The summed E-state index contributed by atoms with van der Waals surface area (Å²) in [6.07, 6.45) is -1.66. The Hall–Kier alpha value is -3.68. The average Bonchev–Trinajstić information content (AvgIpc) is 2.88. The smallest absolute Gasteiger partial charge is 0.324 e. The highest BCUT2D eigenvalue weighted by Crippen LogP contribution is 2.41. The summed E-state index contributed by atoms with van der Waals surface area (Å²) in [7, 11) is -6.57. The number of hydrogen-bond donors (Lipinski definition) is 0. The summed E-state index contributed by atoms with van der Waals surface area (Å²) in [6, 6.07) is 14.5. The zero-order valence-electron chi connectivity index (χ0n) is 19.2. The minimum absolute atomic E-state index is 0.133. The molecular weight excluding hydrogens is 492 g/mol. The van der Waals surface area contributed by atoms with E-state index in [9.17, 15) is 26.4 Å². The summed E-state index contributed by atoms with van der Waals surface area (Å²) >= 11 is 0. The molecule has 0 aliphatic carbocycles. The van der Waals surface area contributed by atoms with Crippen molar-refractivity contribution in [3.05, 3.63) is 95.1 Å². The fourth-order valence-electron chi connectivity index (χ4n) is 3.36. The molecule has 0 radical (unpaired) electrons. The molecule has 0 saturated carbocycles. The van der Waals surface area contributed by atoms with Crippen molar-refractivity contribution in [3.8, 4) is 0 Å². The Morgan fingerprint density at radius 2 is 1.03 bits per heavy atom. The molecule has 0 bridgehead atoms. The zero-order valence-corrected chi connectivity index (χ0v) is 20.8. The van der Waals surface area contributed by atoms with Gasteiger partial charge in [0, 0.05) is 12.8 Å². The van der Waals surface area contributed by atoms with Crippen molar-refractivity contribution in [2.45, 2.75) is 22.6 Å². The number of sulfone groups is 2. The quantitative estimate of drug-likeness (QED) is 0.268. The standard InChI is InChI=1S/C25H24O8S2/c1-5-19(34(28,29)21-13-9-7-10-14-21)17-25(23(26)32-3,24(27)33-4)18-20(6-2)35(30,31)22-15-11-8-12-16-22/h7-16H,1-2,17-18H2,3-4H3. The van der Waals surface area contributed by atoms with Crippen LogP contribution in [0.2, 0.25) is 0 Å². The van der Waals surface area contributed by atoms with Gasteiger partial charge < -0.3 is 9.47 Å². The van der Waals surface area contributed by atoms with E-state index in [4.69, 9.17) is 9.47 Å². The Morgan fingerprint density at radius 3 is 1.29 bits per heavy atom. The average molecular weight is 517 g/mol. The molecule has 0 fully saturated rings. The largest absolute Gasteiger partial charge is 0.468 e. The number of methoxy groups -OCH3 is 2. The topological polar surface area (TPSA) is 121 Å². The van der Waals surface area contributed by atoms with Crippen LogP contribution in [0.1, 0.15) is 12.8 Å². The van der Waals surface area contributed by atoms with Crippen LogP contribution in [0, 0.1) is 5.41 Å². The van der Waals surface area contributed by atoms with E-state index in [-0.39, 0.29) is 9.79 Å². The molecule has 0 heterocycles. The molecule has 0 aliphatic rings. The molecule has 0 amide bonds. The normalized spacial score (nSPS) is 11.5. The highest BCUT2D eigenvalue weighted by Gasteiger charge is 2.52. The highest BCUT2D eigenvalue weighted by molar-refractivity contribution is 7.95. The maximum Gasteiger partial charge on any atom is 0.324 e. The predicted molar refractivity (Wildman–Crippen MR) is 128 cm³/mol. The van der Waals surface area contributed by atoms with Crippen molar-refractivity contribution in [1.29, 1.82) is 0 Å². The van der Waals surface area contributed by atoms with Gasteiger partial charge in [-0.15, -0.1) is 11.5 Å². The van der Waals surface area contributed by atoms with E-state index in [0.29, 0.717) is 0 Å². The van der Waals surface area contributed by atoms with Gasteiger partial charge in [-0.3, -0.25) is 9.59 Å². The summed E-state index contributed by atoms with van der Waals surface area (Å²) < 4.78 is 62.6. The summed E-state index contributed by atoms with van der Waals surface area (Å²) in [5.74, 6) is -2.42. The first-order chi connectivity index (χ1) is 16.5. The van der Waals surface area contributed by atoms with Gasteiger partial charge >= 0.3 is 11.9 Å². The number of benzene rings is 2. The molecule has 10 heteroatoms. The van der Waals surface area contributed by atoms with Crippen LogP contribution in [0.25, 0.3) is 0 Å². The van der Waals surface area contributed by atoms with E-state index in [0.717, 1.165) is 14.2 Å². The third-order valence-electron chi connectivity index (χ3n) is 5.23. The van der Waals surface area contributed by atoms with Crippen LogP contribution in [0.15, 0.2) is 105 Å². The predicted octanol–water partition coefficient (Wildman–Crippen LogP) is 3.38. The lowest BCUT2D eigenvalue weighted by molar-refractivity contribution is -0.168. The number of ether oxygens (including phenoxy) is 2. The van der Waals surface area contributed by atoms with Crippen molar-refractivity contribution in [2.75, 3.05) is 14.2 Å². The SMILES string of the molecule is C=C=C(CC(CC(=C=C)S(=O)(=O)c1ccccc1)(C(=O)OC)C(=O)OC)S(=O)(=O)c1ccccc1. The van der Waals surface area contributed by atoms with Gasteiger partial charge in [0.25, 0.3) is 0 Å². The Balaban J connectivity index is 2.71.